The summed E-state index contributed by atoms with van der Waals surface area (Å²) in [5, 5.41) is 13.7. The van der Waals surface area contributed by atoms with Gasteiger partial charge in [0, 0.05) is 11.6 Å². The van der Waals surface area contributed by atoms with Crippen LogP contribution in [0.25, 0.3) is 11.3 Å². The lowest BCUT2D eigenvalue weighted by Crippen LogP contribution is -2.15. The number of aromatic nitrogens is 1. The van der Waals surface area contributed by atoms with Gasteiger partial charge >= 0.3 is 11.9 Å². The average Bonchev–Trinajstić information content (AvgIpc) is 3.27. The molecule has 1 atom stereocenters. The molecule has 8 nitrogen and oxygen atoms in total. The molecule has 0 fully saturated rings. The van der Waals surface area contributed by atoms with E-state index in [2.05, 4.69) is 9.89 Å². The third kappa shape index (κ3) is 5.22. The van der Waals surface area contributed by atoms with Crippen LogP contribution in [0, 0.1) is 0 Å². The quantitative estimate of drug-likeness (QED) is 0.539. The molecule has 31 heavy (non-hydrogen) atoms. The Morgan fingerprint density at radius 1 is 1.06 bits per heavy atom. The van der Waals surface area contributed by atoms with Crippen LogP contribution >= 0.6 is 0 Å². The highest BCUT2D eigenvalue weighted by Gasteiger charge is 2.20. The molecule has 1 unspecified atom stereocenters. The molecule has 162 valence electrons. The van der Waals surface area contributed by atoms with Gasteiger partial charge in [-0.05, 0) is 43.5 Å². The van der Waals surface area contributed by atoms with Gasteiger partial charge in [-0.15, -0.1) is 0 Å². The van der Waals surface area contributed by atoms with Gasteiger partial charge < -0.3 is 23.8 Å². The number of carbonyl (C=O) groups excluding carboxylic acids is 2. The zero-order valence-electron chi connectivity index (χ0n) is 17.5. The maximum atomic E-state index is 11.9. The molecule has 0 aliphatic rings. The summed E-state index contributed by atoms with van der Waals surface area (Å²) >= 11 is 0. The molecule has 1 heterocycles. The van der Waals surface area contributed by atoms with Crippen LogP contribution in [-0.4, -0.2) is 42.5 Å². The predicted molar refractivity (Wildman–Crippen MR) is 111 cm³/mol. The number of phenols is 1. The summed E-state index contributed by atoms with van der Waals surface area (Å²) in [6.45, 7) is 1.88. The SMILES string of the molecule is COC(=O)c1cc(-c2cccc(CCC(C)Oc3cccc(O)c3C(=O)OC)c2)on1. The van der Waals surface area contributed by atoms with Gasteiger partial charge in [0.2, 0.25) is 0 Å². The number of hydrogen-bond acceptors (Lipinski definition) is 8. The van der Waals surface area contributed by atoms with E-state index in [4.69, 9.17) is 14.0 Å². The summed E-state index contributed by atoms with van der Waals surface area (Å²) in [5.41, 5.74) is 1.94. The van der Waals surface area contributed by atoms with Gasteiger partial charge in [-0.1, -0.05) is 29.4 Å². The molecule has 0 spiro atoms. The summed E-state index contributed by atoms with van der Waals surface area (Å²) in [7, 11) is 2.53. The molecule has 0 saturated heterocycles. The Hall–Kier alpha value is -3.81. The molecule has 0 radical (unpaired) electrons. The lowest BCUT2D eigenvalue weighted by Gasteiger charge is -2.17. The molecule has 1 aromatic heterocycles. The number of methoxy groups -OCH3 is 2. The van der Waals surface area contributed by atoms with Crippen LogP contribution in [0.3, 0.4) is 0 Å². The van der Waals surface area contributed by atoms with E-state index in [1.807, 2.05) is 31.2 Å². The molecule has 0 saturated carbocycles. The summed E-state index contributed by atoms with van der Waals surface area (Å²) in [5.74, 6) is -0.677. The number of carbonyl (C=O) groups is 2. The van der Waals surface area contributed by atoms with Crippen molar-refractivity contribution in [2.75, 3.05) is 14.2 Å². The van der Waals surface area contributed by atoms with Crippen molar-refractivity contribution in [2.45, 2.75) is 25.9 Å². The van der Waals surface area contributed by atoms with Crippen molar-refractivity contribution < 1.29 is 33.4 Å². The van der Waals surface area contributed by atoms with E-state index in [0.29, 0.717) is 18.6 Å². The van der Waals surface area contributed by atoms with E-state index in [0.717, 1.165) is 11.1 Å². The number of aromatic hydroxyl groups is 1. The van der Waals surface area contributed by atoms with E-state index in [-0.39, 0.29) is 28.9 Å². The summed E-state index contributed by atoms with van der Waals surface area (Å²) in [6.07, 6.45) is 1.12. The zero-order valence-corrected chi connectivity index (χ0v) is 17.5. The van der Waals surface area contributed by atoms with Crippen LogP contribution in [0.1, 0.15) is 39.8 Å². The molecule has 0 aliphatic carbocycles. The van der Waals surface area contributed by atoms with Gasteiger partial charge in [-0.25, -0.2) is 9.59 Å². The van der Waals surface area contributed by atoms with E-state index < -0.39 is 11.9 Å². The Balaban J connectivity index is 1.67. The van der Waals surface area contributed by atoms with Gasteiger partial charge in [0.15, 0.2) is 11.5 Å². The number of rotatable bonds is 8. The van der Waals surface area contributed by atoms with E-state index in [1.165, 1.54) is 26.4 Å². The topological polar surface area (TPSA) is 108 Å². The number of benzene rings is 2. The third-order valence-electron chi connectivity index (χ3n) is 4.68. The smallest absolute Gasteiger partial charge is 0.360 e. The minimum Gasteiger partial charge on any atom is -0.507 e. The first kappa shape index (κ1) is 21.9. The van der Waals surface area contributed by atoms with E-state index in [1.54, 1.807) is 12.1 Å². The second-order valence-corrected chi connectivity index (χ2v) is 6.88. The van der Waals surface area contributed by atoms with Crippen LogP contribution in [-0.2, 0) is 15.9 Å². The first-order valence-electron chi connectivity index (χ1n) is 9.64. The molecular formula is C23H23NO7. The number of phenolic OH excluding ortho intramolecular Hbond substituents is 1. The van der Waals surface area contributed by atoms with Crippen molar-refractivity contribution in [1.29, 1.82) is 0 Å². The van der Waals surface area contributed by atoms with Gasteiger partial charge in [-0.3, -0.25) is 0 Å². The molecule has 3 rings (SSSR count). The molecule has 3 aromatic rings. The largest absolute Gasteiger partial charge is 0.507 e. The highest BCUT2D eigenvalue weighted by atomic mass is 16.5. The molecule has 1 N–H and O–H groups in total. The monoisotopic (exact) mass is 425 g/mol. The fourth-order valence-electron chi connectivity index (χ4n) is 3.06. The molecule has 2 aromatic carbocycles. The highest BCUT2D eigenvalue weighted by Crippen LogP contribution is 2.29. The first-order valence-corrected chi connectivity index (χ1v) is 9.64. The summed E-state index contributed by atoms with van der Waals surface area (Å²) < 4.78 is 20.5. The van der Waals surface area contributed by atoms with Crippen molar-refractivity contribution >= 4 is 11.9 Å². The fraction of sp³-hybridized carbons (Fsp3) is 0.261. The van der Waals surface area contributed by atoms with Gasteiger partial charge in [-0.2, -0.15) is 0 Å². The molecule has 0 amide bonds. The van der Waals surface area contributed by atoms with Gasteiger partial charge in [0.1, 0.15) is 17.1 Å². The maximum Gasteiger partial charge on any atom is 0.360 e. The highest BCUT2D eigenvalue weighted by molar-refractivity contribution is 5.95. The van der Waals surface area contributed by atoms with Crippen molar-refractivity contribution in [3.8, 4) is 22.8 Å². The van der Waals surface area contributed by atoms with Crippen LogP contribution in [0.4, 0.5) is 0 Å². The lowest BCUT2D eigenvalue weighted by atomic mass is 10.0. The second-order valence-electron chi connectivity index (χ2n) is 6.88. The lowest BCUT2D eigenvalue weighted by molar-refractivity contribution is 0.0580. The molecule has 0 bridgehead atoms. The van der Waals surface area contributed by atoms with Crippen LogP contribution < -0.4 is 4.74 Å². The minimum atomic E-state index is -0.661. The van der Waals surface area contributed by atoms with Crippen molar-refractivity contribution in [3.63, 3.8) is 0 Å². The first-order chi connectivity index (χ1) is 14.9. The minimum absolute atomic E-state index is 0.00516. The second kappa shape index (κ2) is 9.80. The predicted octanol–water partition coefficient (Wildman–Crippen LogP) is 4.02. The van der Waals surface area contributed by atoms with Gasteiger partial charge in [0.05, 0.1) is 20.3 Å². The molecular weight excluding hydrogens is 402 g/mol. The number of ether oxygens (including phenoxy) is 3. The average molecular weight is 425 g/mol. The Morgan fingerprint density at radius 3 is 2.55 bits per heavy atom. The Morgan fingerprint density at radius 2 is 1.81 bits per heavy atom. The van der Waals surface area contributed by atoms with Crippen LogP contribution in [0.15, 0.2) is 53.1 Å². The Labute approximate surface area is 179 Å². The molecule has 8 heteroatoms. The summed E-state index contributed by atoms with van der Waals surface area (Å²) in [6, 6.07) is 13.8. The van der Waals surface area contributed by atoms with Crippen molar-refractivity contribution in [1.82, 2.24) is 5.16 Å². The zero-order chi connectivity index (χ0) is 22.4. The van der Waals surface area contributed by atoms with Crippen molar-refractivity contribution in [2.24, 2.45) is 0 Å². The maximum absolute atomic E-state index is 11.9. The van der Waals surface area contributed by atoms with Gasteiger partial charge in [0.25, 0.3) is 0 Å². The standard InChI is InChI=1S/C23H23NO7/c1-14(30-19-9-5-8-18(25)21(19)23(27)29-3)10-11-15-6-4-7-16(12-15)20-13-17(24-31-20)22(26)28-2/h4-9,12-14,25H,10-11H2,1-3H3. The number of hydrogen-bond donors (Lipinski definition) is 1. The number of aryl methyl sites for hydroxylation is 1. The molecule has 0 aliphatic heterocycles. The normalized spacial score (nSPS) is 11.6. The Kier molecular flexibility index (Phi) is 6.92. The van der Waals surface area contributed by atoms with Crippen LogP contribution in [0.5, 0.6) is 11.5 Å². The third-order valence-corrected chi connectivity index (χ3v) is 4.68. The Bertz CT molecular complexity index is 1070. The van der Waals surface area contributed by atoms with Crippen LogP contribution in [0.2, 0.25) is 0 Å². The number of esters is 2. The van der Waals surface area contributed by atoms with E-state index >= 15 is 0 Å². The van der Waals surface area contributed by atoms with Crippen molar-refractivity contribution in [3.05, 3.63) is 65.4 Å². The summed E-state index contributed by atoms with van der Waals surface area (Å²) in [4.78, 5) is 23.5. The fourth-order valence-corrected chi connectivity index (χ4v) is 3.06. The number of nitrogens with zero attached hydrogens (tertiary/aromatic N) is 1. The van der Waals surface area contributed by atoms with E-state index in [9.17, 15) is 14.7 Å².